The third-order valence-corrected chi connectivity index (χ3v) is 5.48. The van der Waals surface area contributed by atoms with Gasteiger partial charge in [-0.3, -0.25) is 9.36 Å². The number of amides is 1. The summed E-state index contributed by atoms with van der Waals surface area (Å²) < 4.78 is 22.0. The Hall–Kier alpha value is -1.99. The molecule has 2 rings (SSSR count). The molecule has 2 aromatic rings. The lowest BCUT2D eigenvalue weighted by Crippen LogP contribution is -2.15. The van der Waals surface area contributed by atoms with Gasteiger partial charge in [-0.05, 0) is 42.8 Å². The molecule has 0 heterocycles. The maximum atomic E-state index is 12.5. The maximum Gasteiger partial charge on any atom is 0.340 e. The van der Waals surface area contributed by atoms with E-state index >= 15 is 0 Å². The van der Waals surface area contributed by atoms with Gasteiger partial charge < -0.3 is 19.5 Å². The van der Waals surface area contributed by atoms with Gasteiger partial charge in [0.05, 0.1) is 31.1 Å². The van der Waals surface area contributed by atoms with Crippen LogP contribution < -0.4 is 5.32 Å². The second-order valence-corrected chi connectivity index (χ2v) is 8.31. The largest absolute Gasteiger partial charge is 0.465 e. The lowest BCUT2D eigenvalue weighted by atomic mass is 10.1. The first-order chi connectivity index (χ1) is 12.8. The van der Waals surface area contributed by atoms with E-state index in [0.717, 1.165) is 0 Å². The number of nitrogens with one attached hydrogen (secondary N) is 1. The molecule has 1 unspecified atom stereocenters. The van der Waals surface area contributed by atoms with E-state index in [0.29, 0.717) is 21.3 Å². The van der Waals surface area contributed by atoms with Crippen molar-refractivity contribution in [1.82, 2.24) is 0 Å². The molecule has 2 aromatic carbocycles. The van der Waals surface area contributed by atoms with E-state index in [9.17, 15) is 19.0 Å². The Morgan fingerprint density at radius 3 is 2.44 bits per heavy atom. The summed E-state index contributed by atoms with van der Waals surface area (Å²) in [5.74, 6) is -0.998. The minimum absolute atomic E-state index is 0.137. The fraction of sp³-hybridized carbons (Fsp3) is 0.222. The highest BCUT2D eigenvalue weighted by Gasteiger charge is 2.20. The number of hydrogen-bond donors (Lipinski definition) is 2. The Labute approximate surface area is 165 Å². The van der Waals surface area contributed by atoms with Gasteiger partial charge in [0, 0.05) is 10.0 Å². The van der Waals surface area contributed by atoms with Crippen molar-refractivity contribution < 1.29 is 28.3 Å². The number of methoxy groups -OCH3 is 1. The Morgan fingerprint density at radius 1 is 1.19 bits per heavy atom. The van der Waals surface area contributed by atoms with Crippen molar-refractivity contribution in [2.24, 2.45) is 0 Å². The smallest absolute Gasteiger partial charge is 0.340 e. The summed E-state index contributed by atoms with van der Waals surface area (Å²) in [6.07, 6.45) is -0.137. The zero-order chi connectivity index (χ0) is 20.0. The van der Waals surface area contributed by atoms with Crippen LogP contribution in [0.3, 0.4) is 0 Å². The van der Waals surface area contributed by atoms with Gasteiger partial charge in [0.25, 0.3) is 5.91 Å². The van der Waals surface area contributed by atoms with E-state index in [-0.39, 0.29) is 18.3 Å². The summed E-state index contributed by atoms with van der Waals surface area (Å²) >= 11 is 3.27. The lowest BCUT2D eigenvalue weighted by Gasteiger charge is -2.12. The molecule has 0 fully saturated rings. The molecule has 0 radical (unpaired) electrons. The zero-order valence-electron chi connectivity index (χ0n) is 14.8. The fourth-order valence-corrected chi connectivity index (χ4v) is 3.87. The van der Waals surface area contributed by atoms with E-state index in [1.54, 1.807) is 37.3 Å². The van der Waals surface area contributed by atoms with Crippen molar-refractivity contribution in [1.29, 1.82) is 0 Å². The van der Waals surface area contributed by atoms with Crippen LogP contribution in [0.25, 0.3) is 0 Å². The standard InChI is InChI=1S/C18H19BrNO6P/c1-3-26-27(23,24)11-12-4-6-13(7-5-12)17(21)20-16-9-8-14(19)10-15(16)18(22)25-2/h4-10H,3,11H2,1-2H3,(H,20,21)(H,23,24). The minimum atomic E-state index is -3.69. The van der Waals surface area contributed by atoms with Gasteiger partial charge in [0.1, 0.15) is 0 Å². The average Bonchev–Trinajstić information content (AvgIpc) is 2.62. The van der Waals surface area contributed by atoms with Gasteiger partial charge in [-0.15, -0.1) is 0 Å². The second-order valence-electron chi connectivity index (χ2n) is 5.55. The molecule has 7 nitrogen and oxygen atoms in total. The Balaban J connectivity index is 2.15. The second kappa shape index (κ2) is 9.28. The zero-order valence-corrected chi connectivity index (χ0v) is 17.2. The highest BCUT2D eigenvalue weighted by molar-refractivity contribution is 9.10. The van der Waals surface area contributed by atoms with Crippen LogP contribution in [0.15, 0.2) is 46.9 Å². The molecule has 9 heteroatoms. The number of rotatable bonds is 7. The van der Waals surface area contributed by atoms with Crippen LogP contribution in [-0.2, 0) is 20.0 Å². The predicted octanol–water partition coefficient (Wildman–Crippen LogP) is 4.21. The van der Waals surface area contributed by atoms with Crippen molar-refractivity contribution in [3.05, 3.63) is 63.6 Å². The van der Waals surface area contributed by atoms with Gasteiger partial charge in [-0.2, -0.15) is 0 Å². The van der Waals surface area contributed by atoms with Crippen LogP contribution in [0, 0.1) is 0 Å². The van der Waals surface area contributed by atoms with Crippen molar-refractivity contribution in [3.63, 3.8) is 0 Å². The highest BCUT2D eigenvalue weighted by Crippen LogP contribution is 2.45. The molecular formula is C18H19BrNO6P. The summed E-state index contributed by atoms with van der Waals surface area (Å²) in [4.78, 5) is 34.0. The summed E-state index contributed by atoms with van der Waals surface area (Å²) in [7, 11) is -2.43. The lowest BCUT2D eigenvalue weighted by molar-refractivity contribution is 0.0602. The minimum Gasteiger partial charge on any atom is -0.465 e. The van der Waals surface area contributed by atoms with Crippen molar-refractivity contribution in [2.75, 3.05) is 19.0 Å². The number of halogens is 1. The Bertz CT molecular complexity index is 884. The number of benzene rings is 2. The van der Waals surface area contributed by atoms with Crippen LogP contribution in [-0.4, -0.2) is 30.5 Å². The Morgan fingerprint density at radius 2 is 1.85 bits per heavy atom. The first kappa shape index (κ1) is 21.3. The molecule has 1 amide bonds. The number of carbonyl (C=O) groups excluding carboxylic acids is 2. The van der Waals surface area contributed by atoms with Crippen LogP contribution in [0.5, 0.6) is 0 Å². The molecule has 144 valence electrons. The predicted molar refractivity (Wildman–Crippen MR) is 105 cm³/mol. The van der Waals surface area contributed by atoms with Gasteiger partial charge in [0.15, 0.2) is 0 Å². The van der Waals surface area contributed by atoms with Crippen LogP contribution in [0.1, 0.15) is 33.2 Å². The van der Waals surface area contributed by atoms with Gasteiger partial charge >= 0.3 is 13.6 Å². The Kier molecular flexibility index (Phi) is 7.33. The van der Waals surface area contributed by atoms with E-state index in [1.807, 2.05) is 0 Å². The number of carbonyl (C=O) groups is 2. The van der Waals surface area contributed by atoms with Crippen molar-refractivity contribution in [2.45, 2.75) is 13.1 Å². The number of anilines is 1. The first-order valence-corrected chi connectivity index (χ1v) is 10.6. The topological polar surface area (TPSA) is 102 Å². The van der Waals surface area contributed by atoms with E-state index < -0.39 is 19.5 Å². The fourth-order valence-electron chi connectivity index (χ4n) is 2.34. The summed E-state index contributed by atoms with van der Waals surface area (Å²) in [6.45, 7) is 1.78. The molecule has 0 aliphatic rings. The first-order valence-electron chi connectivity index (χ1n) is 8.00. The molecular weight excluding hydrogens is 437 g/mol. The number of esters is 1. The molecule has 0 saturated heterocycles. The molecule has 0 aliphatic carbocycles. The summed E-state index contributed by atoms with van der Waals surface area (Å²) in [6, 6.07) is 11.1. The van der Waals surface area contributed by atoms with Crippen LogP contribution >= 0.6 is 23.5 Å². The molecule has 0 aromatic heterocycles. The van der Waals surface area contributed by atoms with Gasteiger partial charge in [-0.1, -0.05) is 28.1 Å². The van der Waals surface area contributed by atoms with E-state index in [4.69, 9.17) is 9.26 Å². The molecule has 0 aliphatic heterocycles. The monoisotopic (exact) mass is 455 g/mol. The van der Waals surface area contributed by atoms with E-state index in [2.05, 4.69) is 21.2 Å². The van der Waals surface area contributed by atoms with Gasteiger partial charge in [-0.25, -0.2) is 4.79 Å². The number of hydrogen-bond acceptors (Lipinski definition) is 5. The molecule has 2 N–H and O–H groups in total. The normalized spacial score (nSPS) is 12.9. The van der Waals surface area contributed by atoms with Crippen molar-refractivity contribution in [3.8, 4) is 0 Å². The molecule has 0 saturated carbocycles. The SMILES string of the molecule is CCOP(=O)(O)Cc1ccc(C(=O)Nc2ccc(Br)cc2C(=O)OC)cc1. The van der Waals surface area contributed by atoms with Crippen LogP contribution in [0.2, 0.25) is 0 Å². The molecule has 27 heavy (non-hydrogen) atoms. The quantitative estimate of drug-likeness (QED) is 0.478. The van der Waals surface area contributed by atoms with Crippen LogP contribution in [0.4, 0.5) is 5.69 Å². The summed E-state index contributed by atoms with van der Waals surface area (Å²) in [5.41, 5.74) is 1.44. The summed E-state index contributed by atoms with van der Waals surface area (Å²) in [5, 5.41) is 2.67. The van der Waals surface area contributed by atoms with E-state index in [1.165, 1.54) is 19.2 Å². The number of ether oxygens (including phenoxy) is 1. The molecule has 0 bridgehead atoms. The molecule has 0 spiro atoms. The average molecular weight is 456 g/mol. The molecule has 1 atom stereocenters. The van der Waals surface area contributed by atoms with Crippen molar-refractivity contribution >= 4 is 41.1 Å². The third-order valence-electron chi connectivity index (χ3n) is 3.56. The maximum absolute atomic E-state index is 12.5. The third kappa shape index (κ3) is 6.01. The highest BCUT2D eigenvalue weighted by atomic mass is 79.9. The van der Waals surface area contributed by atoms with Gasteiger partial charge in [0.2, 0.25) is 0 Å².